The van der Waals surface area contributed by atoms with Crippen LogP contribution in [0.3, 0.4) is 0 Å². The fourth-order valence-corrected chi connectivity index (χ4v) is 2.36. The maximum absolute atomic E-state index is 13.3. The smallest absolute Gasteiger partial charge is 0.274 e. The third kappa shape index (κ3) is 3.05. The number of hydrogen-bond donors (Lipinski definition) is 1. The van der Waals surface area contributed by atoms with Gasteiger partial charge in [0, 0.05) is 32.2 Å². The van der Waals surface area contributed by atoms with Crippen LogP contribution in [0.2, 0.25) is 0 Å². The van der Waals surface area contributed by atoms with Crippen molar-refractivity contribution < 1.29 is 13.7 Å². The van der Waals surface area contributed by atoms with Gasteiger partial charge in [0.25, 0.3) is 12.1 Å². The lowest BCUT2D eigenvalue weighted by atomic mass is 10.0. The standard InChI is InChI=1S/C12H15F2N3O2/c13-12(14)11(16-7-5-15-6-8-16)9-3-1-2-4-10(9)17(18)19/h1-4,11-12,15H,5-8H2/t11-/m1/s1. The van der Waals surface area contributed by atoms with Gasteiger partial charge in [-0.2, -0.15) is 0 Å². The number of nitrogens with zero attached hydrogens (tertiary/aromatic N) is 2. The molecule has 2 rings (SSSR count). The van der Waals surface area contributed by atoms with E-state index in [2.05, 4.69) is 5.32 Å². The Labute approximate surface area is 109 Å². The Bertz CT molecular complexity index is 450. The summed E-state index contributed by atoms with van der Waals surface area (Å²) in [6.45, 7) is 2.15. The molecule has 0 saturated carbocycles. The molecule has 19 heavy (non-hydrogen) atoms. The van der Waals surface area contributed by atoms with E-state index in [1.807, 2.05) is 0 Å². The summed E-state index contributed by atoms with van der Waals surface area (Å²) in [5, 5.41) is 14.0. The van der Waals surface area contributed by atoms with E-state index in [-0.39, 0.29) is 11.3 Å². The van der Waals surface area contributed by atoms with Gasteiger partial charge in [-0.3, -0.25) is 15.0 Å². The van der Waals surface area contributed by atoms with Gasteiger partial charge in [0.2, 0.25) is 0 Å². The number of hydrogen-bond acceptors (Lipinski definition) is 4. The highest BCUT2D eigenvalue weighted by atomic mass is 19.3. The molecule has 0 spiro atoms. The number of benzene rings is 1. The summed E-state index contributed by atoms with van der Waals surface area (Å²) in [6, 6.07) is 4.51. The molecule has 1 N–H and O–H groups in total. The summed E-state index contributed by atoms with van der Waals surface area (Å²) in [5.74, 6) is 0. The average Bonchev–Trinajstić information content (AvgIpc) is 2.40. The molecule has 0 amide bonds. The lowest BCUT2D eigenvalue weighted by Crippen LogP contribution is -2.47. The molecule has 1 aromatic rings. The van der Waals surface area contributed by atoms with Crippen molar-refractivity contribution >= 4 is 5.69 Å². The Morgan fingerprint density at radius 3 is 2.47 bits per heavy atom. The van der Waals surface area contributed by atoms with Crippen LogP contribution in [0.5, 0.6) is 0 Å². The van der Waals surface area contributed by atoms with E-state index < -0.39 is 17.4 Å². The van der Waals surface area contributed by atoms with E-state index >= 15 is 0 Å². The molecule has 1 aromatic carbocycles. The highest BCUT2D eigenvalue weighted by Gasteiger charge is 2.34. The number of halogens is 2. The average molecular weight is 271 g/mol. The number of nitro groups is 1. The number of para-hydroxylation sites is 1. The van der Waals surface area contributed by atoms with Gasteiger partial charge in [-0.15, -0.1) is 0 Å². The summed E-state index contributed by atoms with van der Waals surface area (Å²) in [6.07, 6.45) is -2.65. The molecular formula is C12H15F2N3O2. The molecule has 0 aliphatic carbocycles. The van der Waals surface area contributed by atoms with Crippen LogP contribution in [0.15, 0.2) is 24.3 Å². The summed E-state index contributed by atoms with van der Waals surface area (Å²) in [4.78, 5) is 12.0. The van der Waals surface area contributed by atoms with Crippen LogP contribution in [0.1, 0.15) is 11.6 Å². The van der Waals surface area contributed by atoms with Crippen molar-refractivity contribution in [3.63, 3.8) is 0 Å². The molecule has 1 heterocycles. The van der Waals surface area contributed by atoms with Crippen molar-refractivity contribution in [2.45, 2.75) is 12.5 Å². The van der Waals surface area contributed by atoms with Crippen LogP contribution >= 0.6 is 0 Å². The Morgan fingerprint density at radius 2 is 1.89 bits per heavy atom. The normalized spacial score (nSPS) is 18.5. The summed E-state index contributed by atoms with van der Waals surface area (Å²) in [5.41, 5.74) is -0.157. The SMILES string of the molecule is O=[N+]([O-])c1ccccc1[C@H](C(F)F)N1CCNCC1. The van der Waals surface area contributed by atoms with Crippen LogP contribution < -0.4 is 5.32 Å². The minimum Gasteiger partial charge on any atom is -0.314 e. The molecule has 1 fully saturated rings. The summed E-state index contributed by atoms with van der Waals surface area (Å²) in [7, 11) is 0. The van der Waals surface area contributed by atoms with Crippen molar-refractivity contribution in [1.29, 1.82) is 0 Å². The van der Waals surface area contributed by atoms with Crippen LogP contribution in [0, 0.1) is 10.1 Å². The number of piperazine rings is 1. The first-order valence-corrected chi connectivity index (χ1v) is 6.07. The van der Waals surface area contributed by atoms with Gasteiger partial charge in [-0.25, -0.2) is 8.78 Å². The Balaban J connectivity index is 2.35. The van der Waals surface area contributed by atoms with Crippen molar-refractivity contribution in [2.24, 2.45) is 0 Å². The van der Waals surface area contributed by atoms with Crippen molar-refractivity contribution in [2.75, 3.05) is 26.2 Å². The first-order chi connectivity index (χ1) is 9.11. The minimum absolute atomic E-state index is 0.0874. The van der Waals surface area contributed by atoms with E-state index in [1.54, 1.807) is 11.0 Å². The van der Waals surface area contributed by atoms with E-state index in [0.717, 1.165) is 0 Å². The van der Waals surface area contributed by atoms with Crippen molar-refractivity contribution in [3.05, 3.63) is 39.9 Å². The molecule has 0 aromatic heterocycles. The van der Waals surface area contributed by atoms with Gasteiger partial charge in [0.05, 0.1) is 10.5 Å². The number of nitro benzene ring substituents is 1. The van der Waals surface area contributed by atoms with Gasteiger partial charge >= 0.3 is 0 Å². The molecule has 5 nitrogen and oxygen atoms in total. The maximum Gasteiger partial charge on any atom is 0.274 e. The number of nitrogens with one attached hydrogen (secondary N) is 1. The van der Waals surface area contributed by atoms with E-state index in [4.69, 9.17) is 0 Å². The van der Waals surface area contributed by atoms with E-state index in [0.29, 0.717) is 26.2 Å². The second kappa shape index (κ2) is 6.03. The second-order valence-electron chi connectivity index (χ2n) is 4.38. The fourth-order valence-electron chi connectivity index (χ4n) is 2.36. The van der Waals surface area contributed by atoms with Gasteiger partial charge in [-0.05, 0) is 0 Å². The molecule has 1 aliphatic rings. The monoisotopic (exact) mass is 271 g/mol. The zero-order valence-electron chi connectivity index (χ0n) is 10.3. The molecule has 0 bridgehead atoms. The first-order valence-electron chi connectivity index (χ1n) is 6.07. The molecule has 0 radical (unpaired) electrons. The summed E-state index contributed by atoms with van der Waals surface area (Å²) >= 11 is 0. The fraction of sp³-hybridized carbons (Fsp3) is 0.500. The zero-order chi connectivity index (χ0) is 13.8. The van der Waals surface area contributed by atoms with Crippen LogP contribution in [0.25, 0.3) is 0 Å². The predicted octanol–water partition coefficient (Wildman–Crippen LogP) is 1.81. The minimum atomic E-state index is -2.65. The van der Waals surface area contributed by atoms with E-state index in [9.17, 15) is 18.9 Å². The lowest BCUT2D eigenvalue weighted by molar-refractivity contribution is -0.386. The Hall–Kier alpha value is -1.60. The molecule has 1 atom stereocenters. The molecule has 104 valence electrons. The number of rotatable bonds is 4. The third-order valence-corrected chi connectivity index (χ3v) is 3.24. The van der Waals surface area contributed by atoms with Crippen LogP contribution in [-0.2, 0) is 0 Å². The Kier molecular flexibility index (Phi) is 4.39. The Morgan fingerprint density at radius 1 is 1.26 bits per heavy atom. The quantitative estimate of drug-likeness (QED) is 0.670. The van der Waals surface area contributed by atoms with Gasteiger partial charge in [0.15, 0.2) is 0 Å². The topological polar surface area (TPSA) is 58.4 Å². The molecule has 7 heteroatoms. The van der Waals surface area contributed by atoms with E-state index in [1.165, 1.54) is 18.2 Å². The highest BCUT2D eigenvalue weighted by molar-refractivity contribution is 5.42. The van der Waals surface area contributed by atoms with Crippen LogP contribution in [0.4, 0.5) is 14.5 Å². The summed E-state index contributed by atoms with van der Waals surface area (Å²) < 4.78 is 26.7. The highest BCUT2D eigenvalue weighted by Crippen LogP contribution is 2.33. The van der Waals surface area contributed by atoms with Gasteiger partial charge in [0.1, 0.15) is 6.04 Å². The largest absolute Gasteiger partial charge is 0.314 e. The van der Waals surface area contributed by atoms with Crippen molar-refractivity contribution in [3.8, 4) is 0 Å². The van der Waals surface area contributed by atoms with Gasteiger partial charge < -0.3 is 5.32 Å². The third-order valence-electron chi connectivity index (χ3n) is 3.24. The molecular weight excluding hydrogens is 256 g/mol. The maximum atomic E-state index is 13.3. The molecule has 0 unspecified atom stereocenters. The van der Waals surface area contributed by atoms with Gasteiger partial charge in [-0.1, -0.05) is 18.2 Å². The zero-order valence-corrected chi connectivity index (χ0v) is 10.3. The predicted molar refractivity (Wildman–Crippen MR) is 66.3 cm³/mol. The number of alkyl halides is 2. The molecule has 1 aliphatic heterocycles. The van der Waals surface area contributed by atoms with Crippen LogP contribution in [-0.4, -0.2) is 42.4 Å². The molecule has 1 saturated heterocycles. The first kappa shape index (κ1) is 13.8. The second-order valence-corrected chi connectivity index (χ2v) is 4.38. The van der Waals surface area contributed by atoms with Crippen molar-refractivity contribution in [1.82, 2.24) is 10.2 Å². The lowest BCUT2D eigenvalue weighted by Gasteiger charge is -2.34.